The molecule has 0 bridgehead atoms. The van der Waals surface area contributed by atoms with E-state index >= 15 is 0 Å². The van der Waals surface area contributed by atoms with Gasteiger partial charge in [-0.15, -0.1) is 0 Å². The lowest BCUT2D eigenvalue weighted by molar-refractivity contribution is -0.384. The Morgan fingerprint density at radius 1 is 1.09 bits per heavy atom. The molecule has 3 N–H and O–H groups in total. The maximum atomic E-state index is 12.7. The number of rotatable bonds is 5. The number of carbonyl (C=O) groups excluding carboxylic acids is 2. The zero-order valence-electron chi connectivity index (χ0n) is 17.5. The van der Waals surface area contributed by atoms with Gasteiger partial charge in [-0.25, -0.2) is 0 Å². The molecule has 4 rings (SSSR count). The molecule has 33 heavy (non-hydrogen) atoms. The maximum Gasteiger partial charge on any atom is 0.275 e. The van der Waals surface area contributed by atoms with Crippen LogP contribution in [-0.2, 0) is 0 Å². The Morgan fingerprint density at radius 2 is 1.79 bits per heavy atom. The molecule has 2 heterocycles. The molecule has 166 valence electrons. The lowest BCUT2D eigenvalue weighted by Crippen LogP contribution is -2.24. The summed E-state index contributed by atoms with van der Waals surface area (Å²) in [5.74, 6) is -1.86. The summed E-state index contributed by atoms with van der Waals surface area (Å²) >= 11 is 0. The van der Waals surface area contributed by atoms with Crippen LogP contribution >= 0.6 is 0 Å². The molecule has 0 atom stereocenters. The highest BCUT2D eigenvalue weighted by Gasteiger charge is 2.32. The molecule has 1 aliphatic rings. The van der Waals surface area contributed by atoms with Crippen molar-refractivity contribution in [3.8, 4) is 11.4 Å². The van der Waals surface area contributed by atoms with Crippen LogP contribution in [0.1, 0.15) is 38.8 Å². The summed E-state index contributed by atoms with van der Waals surface area (Å²) in [7, 11) is 0. The normalized spacial score (nSPS) is 13.0. The number of fused-ring (bicyclic) bond motifs is 1. The number of nitro benzene ring substituents is 1. The molecule has 0 saturated carbocycles. The fourth-order valence-corrected chi connectivity index (χ4v) is 3.37. The van der Waals surface area contributed by atoms with Gasteiger partial charge in [-0.05, 0) is 19.4 Å². The molecule has 0 aliphatic carbocycles. The molecule has 0 radical (unpaired) electrons. The number of hydrogen-bond acceptors (Lipinski definition) is 8. The molecule has 3 aromatic rings. The van der Waals surface area contributed by atoms with Crippen LogP contribution in [0.15, 0.2) is 58.5 Å². The van der Waals surface area contributed by atoms with Gasteiger partial charge < -0.3 is 10.6 Å². The summed E-state index contributed by atoms with van der Waals surface area (Å²) in [5, 5.41) is 17.5. The first kappa shape index (κ1) is 21.4. The Hall–Kier alpha value is -4.80. The third kappa shape index (κ3) is 3.94. The maximum absolute atomic E-state index is 12.7. The highest BCUT2D eigenvalue weighted by Crippen LogP contribution is 2.28. The van der Waals surface area contributed by atoms with Crippen LogP contribution in [0, 0.1) is 17.0 Å². The van der Waals surface area contributed by atoms with Gasteiger partial charge in [0.1, 0.15) is 5.82 Å². The number of anilines is 1. The van der Waals surface area contributed by atoms with Crippen molar-refractivity contribution >= 4 is 29.0 Å². The predicted octanol–water partition coefficient (Wildman–Crippen LogP) is 2.32. The average molecular weight is 447 g/mol. The predicted molar refractivity (Wildman–Crippen MR) is 119 cm³/mol. The highest BCUT2D eigenvalue weighted by molar-refractivity contribution is 6.23. The molecule has 0 fully saturated rings. The second kappa shape index (κ2) is 8.04. The van der Waals surface area contributed by atoms with Crippen LogP contribution in [-0.4, -0.2) is 27.0 Å². The first-order valence-corrected chi connectivity index (χ1v) is 9.65. The monoisotopic (exact) mass is 447 g/mol. The van der Waals surface area contributed by atoms with E-state index in [-0.39, 0.29) is 28.4 Å². The molecule has 0 saturated heterocycles. The van der Waals surface area contributed by atoms with Crippen LogP contribution in [0.3, 0.4) is 0 Å². The summed E-state index contributed by atoms with van der Waals surface area (Å²) in [4.78, 5) is 52.8. The molecular formula is C22H17N5O6. The first-order chi connectivity index (χ1) is 15.7. The zero-order chi connectivity index (χ0) is 23.9. The van der Waals surface area contributed by atoms with E-state index in [4.69, 9.17) is 10.6 Å². The minimum atomic E-state index is -0.763. The van der Waals surface area contributed by atoms with Crippen LogP contribution < -0.4 is 21.4 Å². The van der Waals surface area contributed by atoms with Gasteiger partial charge in [0, 0.05) is 18.2 Å². The number of nitrogens with two attached hydrogens (primary N) is 1. The van der Waals surface area contributed by atoms with Crippen molar-refractivity contribution in [2.45, 2.75) is 13.8 Å². The number of benzene rings is 2. The average Bonchev–Trinajstić information content (AvgIpc) is 3.05. The van der Waals surface area contributed by atoms with Crippen molar-refractivity contribution in [1.29, 1.82) is 0 Å². The van der Waals surface area contributed by atoms with Gasteiger partial charge in [0.25, 0.3) is 23.1 Å². The van der Waals surface area contributed by atoms with Crippen molar-refractivity contribution < 1.29 is 19.3 Å². The summed E-state index contributed by atoms with van der Waals surface area (Å²) in [5.41, 5.74) is 6.91. The summed E-state index contributed by atoms with van der Waals surface area (Å²) in [6.45, 7) is 3.66. The van der Waals surface area contributed by atoms with E-state index in [2.05, 4.69) is 10.5 Å². The van der Waals surface area contributed by atoms with Crippen LogP contribution in [0.5, 0.6) is 5.75 Å². The lowest BCUT2D eigenvalue weighted by atomic mass is 10.1. The second-order valence-corrected chi connectivity index (χ2v) is 7.35. The number of nitrogens with one attached hydrogen (secondary N) is 1. The van der Waals surface area contributed by atoms with E-state index < -0.39 is 28.0 Å². The molecule has 1 aliphatic heterocycles. The molecule has 0 spiro atoms. The largest absolute Gasteiger partial charge is 0.384 e. The third-order valence-electron chi connectivity index (χ3n) is 5.06. The number of nitro groups is 1. The Bertz CT molecular complexity index is 1420. The number of oxime groups is 1. The fourth-order valence-electron chi connectivity index (χ4n) is 3.37. The Balaban J connectivity index is 1.79. The SMILES string of the molecule is CC(=NOc1cc(-n2c(N)c3c(cc2=O)C(=O)NC3=O)cc([N+](=O)[O-])c1)c1ccc(C)cc1. The minimum absolute atomic E-state index is 0.0279. The number of pyridine rings is 1. The van der Waals surface area contributed by atoms with Crippen LogP contribution in [0.4, 0.5) is 11.5 Å². The lowest BCUT2D eigenvalue weighted by Gasteiger charge is -2.12. The molecular weight excluding hydrogens is 430 g/mol. The summed E-state index contributed by atoms with van der Waals surface area (Å²) < 4.78 is 0.896. The van der Waals surface area contributed by atoms with E-state index in [1.807, 2.05) is 31.2 Å². The number of carbonyl (C=O) groups is 2. The minimum Gasteiger partial charge on any atom is -0.384 e. The summed E-state index contributed by atoms with van der Waals surface area (Å²) in [6, 6.07) is 12.0. The number of nitrogens with zero attached hydrogens (tertiary/aromatic N) is 3. The van der Waals surface area contributed by atoms with Crippen molar-refractivity contribution in [1.82, 2.24) is 9.88 Å². The fraction of sp³-hybridized carbons (Fsp3) is 0.0909. The number of amides is 2. The standard InChI is InChI=1S/C22H17N5O6/c1-11-3-5-13(6-4-11)12(2)25-33-16-8-14(7-15(9-16)27(31)32)26-18(28)10-17-19(20(26)23)22(30)24-21(17)29/h3-10H,23H2,1-2H3,(H,24,29,30). The number of aromatic nitrogens is 1. The van der Waals surface area contributed by atoms with Gasteiger partial charge in [0.05, 0.1) is 33.5 Å². The molecule has 1 aromatic heterocycles. The first-order valence-electron chi connectivity index (χ1n) is 9.65. The molecule has 11 nitrogen and oxygen atoms in total. The van der Waals surface area contributed by atoms with Gasteiger partial charge in [-0.3, -0.25) is 34.4 Å². The van der Waals surface area contributed by atoms with E-state index in [1.165, 1.54) is 6.07 Å². The van der Waals surface area contributed by atoms with Crippen molar-refractivity contribution in [2.24, 2.45) is 5.16 Å². The van der Waals surface area contributed by atoms with E-state index in [9.17, 15) is 24.5 Å². The van der Waals surface area contributed by atoms with Crippen molar-refractivity contribution in [3.05, 3.63) is 91.3 Å². The number of hydrogen-bond donors (Lipinski definition) is 2. The second-order valence-electron chi connectivity index (χ2n) is 7.35. The van der Waals surface area contributed by atoms with Crippen LogP contribution in [0.25, 0.3) is 5.69 Å². The number of aryl methyl sites for hydroxylation is 1. The van der Waals surface area contributed by atoms with Gasteiger partial charge in [-0.2, -0.15) is 0 Å². The Kier molecular flexibility index (Phi) is 5.22. The smallest absolute Gasteiger partial charge is 0.275 e. The van der Waals surface area contributed by atoms with Crippen LogP contribution in [0.2, 0.25) is 0 Å². The number of non-ortho nitro benzene ring substituents is 1. The van der Waals surface area contributed by atoms with Crippen molar-refractivity contribution in [2.75, 3.05) is 5.73 Å². The number of imide groups is 1. The molecule has 2 aromatic carbocycles. The zero-order valence-corrected chi connectivity index (χ0v) is 17.5. The van der Waals surface area contributed by atoms with Gasteiger partial charge in [0.2, 0.25) is 0 Å². The highest BCUT2D eigenvalue weighted by atomic mass is 16.6. The Labute approximate surface area is 186 Å². The molecule has 0 unspecified atom stereocenters. The van der Waals surface area contributed by atoms with E-state index in [0.717, 1.165) is 33.9 Å². The van der Waals surface area contributed by atoms with E-state index in [1.54, 1.807) is 6.92 Å². The quantitative estimate of drug-likeness (QED) is 0.263. The summed E-state index contributed by atoms with van der Waals surface area (Å²) in [6.07, 6.45) is 0. The Morgan fingerprint density at radius 3 is 2.45 bits per heavy atom. The van der Waals surface area contributed by atoms with Gasteiger partial charge in [-0.1, -0.05) is 35.0 Å². The van der Waals surface area contributed by atoms with E-state index in [0.29, 0.717) is 5.71 Å². The van der Waals surface area contributed by atoms with Gasteiger partial charge >= 0.3 is 0 Å². The molecule has 2 amide bonds. The van der Waals surface area contributed by atoms with Crippen molar-refractivity contribution in [3.63, 3.8) is 0 Å². The third-order valence-corrected chi connectivity index (χ3v) is 5.06. The van der Waals surface area contributed by atoms with Gasteiger partial charge in [0.15, 0.2) is 5.75 Å². The topological polar surface area (TPSA) is 159 Å². The molecule has 11 heteroatoms. The number of nitrogen functional groups attached to an aromatic ring is 1.